The number of methoxy groups -OCH3 is 1. The van der Waals surface area contributed by atoms with Gasteiger partial charge in [0.05, 0.1) is 30.3 Å². The molecule has 3 heterocycles. The molecule has 1 aromatic carbocycles. The summed E-state index contributed by atoms with van der Waals surface area (Å²) in [6.45, 7) is 1.63. The van der Waals surface area contributed by atoms with Gasteiger partial charge in [-0.25, -0.2) is 4.98 Å². The van der Waals surface area contributed by atoms with Gasteiger partial charge in [-0.05, 0) is 67.2 Å². The zero-order chi connectivity index (χ0) is 26.4. The second-order valence-corrected chi connectivity index (χ2v) is 11.1. The summed E-state index contributed by atoms with van der Waals surface area (Å²) in [7, 11) is 3.61. The highest BCUT2D eigenvalue weighted by molar-refractivity contribution is 6.07. The second-order valence-electron chi connectivity index (χ2n) is 11.1. The number of hydrogen-bond donors (Lipinski definition) is 1. The van der Waals surface area contributed by atoms with Crippen molar-refractivity contribution < 1.29 is 14.3 Å². The van der Waals surface area contributed by atoms with Crippen molar-refractivity contribution in [3.05, 3.63) is 53.3 Å². The fraction of sp³-hybridized carbons (Fsp3) is 0.467. The Morgan fingerprint density at radius 3 is 2.55 bits per heavy atom. The van der Waals surface area contributed by atoms with Crippen LogP contribution in [0.5, 0.6) is 5.75 Å². The van der Waals surface area contributed by atoms with E-state index in [2.05, 4.69) is 22.5 Å². The molecule has 3 aliphatic rings. The molecule has 8 nitrogen and oxygen atoms in total. The number of aromatic nitrogens is 2. The number of piperidine rings is 1. The predicted molar refractivity (Wildman–Crippen MR) is 144 cm³/mol. The largest absolute Gasteiger partial charge is 0.494 e. The van der Waals surface area contributed by atoms with Crippen molar-refractivity contribution in [1.82, 2.24) is 14.5 Å². The van der Waals surface area contributed by atoms with Crippen LogP contribution in [0.1, 0.15) is 65.9 Å². The number of pyridine rings is 1. The van der Waals surface area contributed by atoms with Crippen LogP contribution >= 0.6 is 0 Å². The summed E-state index contributed by atoms with van der Waals surface area (Å²) in [6.07, 6.45) is 10.4. The lowest BCUT2D eigenvalue weighted by Gasteiger charge is -2.39. The number of ether oxygens (including phenoxy) is 1. The van der Waals surface area contributed by atoms with Gasteiger partial charge in [0.25, 0.3) is 5.91 Å². The van der Waals surface area contributed by atoms with Crippen LogP contribution in [-0.4, -0.2) is 46.5 Å². The maximum atomic E-state index is 13.2. The van der Waals surface area contributed by atoms with Gasteiger partial charge in [-0.1, -0.05) is 18.9 Å². The van der Waals surface area contributed by atoms with Gasteiger partial charge in [0.1, 0.15) is 11.3 Å². The number of aryl methyl sites for hydroxylation is 1. The van der Waals surface area contributed by atoms with Crippen LogP contribution in [0.3, 0.4) is 0 Å². The average molecular weight is 512 g/mol. The lowest BCUT2D eigenvalue weighted by atomic mass is 9.79. The molecule has 0 radical (unpaired) electrons. The summed E-state index contributed by atoms with van der Waals surface area (Å²) in [5.41, 5.74) is 3.33. The second kappa shape index (κ2) is 9.79. The predicted octanol–water partition coefficient (Wildman–Crippen LogP) is 4.85. The maximum Gasteiger partial charge on any atom is 0.255 e. The molecule has 38 heavy (non-hydrogen) atoms. The van der Waals surface area contributed by atoms with E-state index in [1.807, 2.05) is 11.6 Å². The Labute approximate surface area is 222 Å². The zero-order valence-corrected chi connectivity index (χ0v) is 21.9. The molecule has 1 N–H and O–H groups in total. The number of fused-ring (bicyclic) bond motifs is 3. The van der Waals surface area contributed by atoms with E-state index in [1.54, 1.807) is 37.6 Å². The fourth-order valence-electron chi connectivity index (χ4n) is 7.17. The van der Waals surface area contributed by atoms with E-state index in [0.29, 0.717) is 46.2 Å². The maximum absolute atomic E-state index is 13.2. The summed E-state index contributed by atoms with van der Waals surface area (Å²) in [5, 5.41) is 13.1. The third kappa shape index (κ3) is 4.10. The molecule has 1 saturated heterocycles. The van der Waals surface area contributed by atoms with E-state index in [-0.39, 0.29) is 11.8 Å². The van der Waals surface area contributed by atoms with Crippen LogP contribution in [0.4, 0.5) is 5.69 Å². The van der Waals surface area contributed by atoms with Gasteiger partial charge >= 0.3 is 0 Å². The Kier molecular flexibility index (Phi) is 6.30. The minimum Gasteiger partial charge on any atom is -0.494 e. The van der Waals surface area contributed by atoms with Crippen LogP contribution < -0.4 is 10.1 Å². The molecule has 2 amide bonds. The van der Waals surface area contributed by atoms with Gasteiger partial charge < -0.3 is 19.5 Å². The van der Waals surface area contributed by atoms with Gasteiger partial charge in [-0.3, -0.25) is 9.59 Å². The Hall–Kier alpha value is -3.86. The average Bonchev–Trinajstić information content (AvgIpc) is 3.65. The van der Waals surface area contributed by atoms with Crippen LogP contribution in [-0.2, 0) is 11.8 Å². The van der Waals surface area contributed by atoms with Crippen molar-refractivity contribution in [2.24, 2.45) is 24.8 Å². The highest BCUT2D eigenvalue weighted by Gasteiger charge is 2.46. The SMILES string of the molecule is COc1c(NC(=O)c2cccc(C#N)c2)cnc2c1c(C1[C@@H]3CC[C@H]1CN(C(=O)C1CCCC1)C3)cn2C. The third-order valence-electron chi connectivity index (χ3n) is 8.88. The quantitative estimate of drug-likeness (QED) is 0.528. The minimum absolute atomic E-state index is 0.216. The lowest BCUT2D eigenvalue weighted by molar-refractivity contribution is -0.137. The molecule has 2 aliphatic carbocycles. The molecule has 0 spiro atoms. The molecule has 1 unspecified atom stereocenters. The number of amides is 2. The first-order valence-corrected chi connectivity index (χ1v) is 13.6. The van der Waals surface area contributed by atoms with Gasteiger partial charge in [-0.2, -0.15) is 5.26 Å². The van der Waals surface area contributed by atoms with E-state index in [4.69, 9.17) is 9.72 Å². The number of carbonyl (C=O) groups excluding carboxylic acids is 2. The van der Waals surface area contributed by atoms with Crippen molar-refractivity contribution >= 4 is 28.5 Å². The lowest BCUT2D eigenvalue weighted by Crippen LogP contribution is -2.46. The molecule has 3 aromatic rings. The summed E-state index contributed by atoms with van der Waals surface area (Å²) in [5.74, 6) is 1.98. The molecule has 3 atom stereocenters. The van der Waals surface area contributed by atoms with Crippen LogP contribution in [0.25, 0.3) is 11.0 Å². The number of nitriles is 1. The van der Waals surface area contributed by atoms with Gasteiger partial charge in [-0.15, -0.1) is 0 Å². The highest BCUT2D eigenvalue weighted by atomic mass is 16.5. The van der Waals surface area contributed by atoms with E-state index in [1.165, 1.54) is 18.4 Å². The molecule has 3 fully saturated rings. The van der Waals surface area contributed by atoms with Crippen molar-refractivity contribution in [3.63, 3.8) is 0 Å². The fourth-order valence-corrected chi connectivity index (χ4v) is 7.17. The number of nitrogens with zero attached hydrogens (tertiary/aromatic N) is 4. The van der Waals surface area contributed by atoms with Crippen molar-refractivity contribution in [2.45, 2.75) is 44.4 Å². The number of anilines is 1. The van der Waals surface area contributed by atoms with Gasteiger partial charge in [0.15, 0.2) is 5.75 Å². The molecular formula is C30H33N5O3. The van der Waals surface area contributed by atoms with Crippen LogP contribution in [0.2, 0.25) is 0 Å². The summed E-state index contributed by atoms with van der Waals surface area (Å²) in [4.78, 5) is 33.1. The Morgan fingerprint density at radius 1 is 1.13 bits per heavy atom. The topological polar surface area (TPSA) is 100 Å². The number of rotatable bonds is 5. The van der Waals surface area contributed by atoms with Crippen LogP contribution in [0.15, 0.2) is 36.7 Å². The van der Waals surface area contributed by atoms with E-state index in [0.717, 1.165) is 49.8 Å². The highest BCUT2D eigenvalue weighted by Crippen LogP contribution is 2.52. The van der Waals surface area contributed by atoms with E-state index >= 15 is 0 Å². The number of hydrogen-bond acceptors (Lipinski definition) is 5. The van der Waals surface area contributed by atoms with E-state index in [9.17, 15) is 14.9 Å². The molecular weight excluding hydrogens is 478 g/mol. The number of benzene rings is 1. The molecule has 2 aromatic heterocycles. The van der Waals surface area contributed by atoms with Crippen molar-refractivity contribution in [3.8, 4) is 11.8 Å². The molecule has 2 bridgehead atoms. The Bertz CT molecular complexity index is 1430. The normalized spacial score (nSPS) is 23.0. The van der Waals surface area contributed by atoms with E-state index < -0.39 is 0 Å². The first-order valence-electron chi connectivity index (χ1n) is 13.6. The van der Waals surface area contributed by atoms with Gasteiger partial charge in [0, 0.05) is 37.8 Å². The van der Waals surface area contributed by atoms with Crippen molar-refractivity contribution in [1.29, 1.82) is 5.26 Å². The summed E-state index contributed by atoms with van der Waals surface area (Å²) in [6, 6.07) is 8.69. The first-order chi connectivity index (χ1) is 18.5. The summed E-state index contributed by atoms with van der Waals surface area (Å²) < 4.78 is 7.95. The number of nitrogens with one attached hydrogen (secondary N) is 1. The Balaban J connectivity index is 1.32. The van der Waals surface area contributed by atoms with Crippen molar-refractivity contribution in [2.75, 3.05) is 25.5 Å². The minimum atomic E-state index is -0.321. The molecule has 8 heteroatoms. The zero-order valence-electron chi connectivity index (χ0n) is 21.9. The number of carbonyl (C=O) groups is 2. The third-order valence-corrected chi connectivity index (χ3v) is 8.88. The molecule has 6 rings (SSSR count). The monoisotopic (exact) mass is 511 g/mol. The smallest absolute Gasteiger partial charge is 0.255 e. The molecule has 196 valence electrons. The standard InChI is InChI=1S/C30H33N5O3/c1-34-17-23(25-21-10-11-22(25)16-35(15-21)30(37)19-7-3-4-8-19)26-27(38-2)24(14-32-28(26)34)33-29(36)20-9-5-6-18(12-20)13-31/h5-6,9,12,14,17,19,21-22,25H,3-4,7-8,10-11,15-16H2,1-2H3,(H,33,36)/t21-,22+,25?. The number of likely N-dealkylation sites (tertiary alicyclic amines) is 1. The van der Waals surface area contributed by atoms with Crippen LogP contribution in [0, 0.1) is 29.1 Å². The molecule has 2 saturated carbocycles. The Morgan fingerprint density at radius 2 is 1.87 bits per heavy atom. The molecule has 1 aliphatic heterocycles. The van der Waals surface area contributed by atoms with Gasteiger partial charge in [0.2, 0.25) is 5.91 Å². The first kappa shape index (κ1) is 24.5. The summed E-state index contributed by atoms with van der Waals surface area (Å²) >= 11 is 0.